The summed E-state index contributed by atoms with van der Waals surface area (Å²) in [5.41, 5.74) is 4.37. The van der Waals surface area contributed by atoms with Crippen molar-refractivity contribution >= 4 is 60.9 Å². The van der Waals surface area contributed by atoms with Crippen LogP contribution in [0.25, 0.3) is 42.3 Å². The van der Waals surface area contributed by atoms with Crippen molar-refractivity contribution in [2.75, 3.05) is 0 Å². The lowest BCUT2D eigenvalue weighted by Crippen LogP contribution is -2.53. The van der Waals surface area contributed by atoms with Crippen LogP contribution in [0, 0.1) is 5.41 Å². The molecule has 4 aromatic carbocycles. The van der Waals surface area contributed by atoms with E-state index in [1.54, 1.807) is 11.3 Å². The second-order valence-corrected chi connectivity index (χ2v) is 17.2. The van der Waals surface area contributed by atoms with Crippen molar-refractivity contribution in [1.82, 2.24) is 9.97 Å². The van der Waals surface area contributed by atoms with E-state index in [-0.39, 0.29) is 11.7 Å². The third-order valence-corrected chi connectivity index (χ3v) is 12.0. The van der Waals surface area contributed by atoms with Gasteiger partial charge in [0.15, 0.2) is 0 Å². The molecule has 0 amide bonds. The number of nitrogens with zero attached hydrogens (tertiary/aromatic N) is 2. The first-order valence-corrected chi connectivity index (χ1v) is 16.7. The molecule has 0 aliphatic heterocycles. The van der Waals surface area contributed by atoms with Gasteiger partial charge in [0.05, 0.1) is 15.9 Å². The zero-order valence-corrected chi connectivity index (χ0v) is 23.9. The molecular weight excluding hydrogens is 485 g/mol. The first-order chi connectivity index (χ1) is 18.1. The minimum absolute atomic E-state index is 0.0697. The molecule has 0 aliphatic rings. The number of fused-ring (bicyclic) bond motifs is 4. The molecule has 0 atom stereocenters. The average Bonchev–Trinajstić information content (AvgIpc) is 3.24. The summed E-state index contributed by atoms with van der Waals surface area (Å²) in [7, 11) is -2.01. The molecule has 37 heavy (non-hydrogen) atoms. The third kappa shape index (κ3) is 4.39. The molecule has 0 saturated carbocycles. The van der Waals surface area contributed by atoms with E-state index in [1.165, 1.54) is 31.4 Å². The van der Waals surface area contributed by atoms with Crippen LogP contribution in [0.5, 0.6) is 0 Å². The quantitative estimate of drug-likeness (QED) is 0.221. The molecule has 0 bridgehead atoms. The summed E-state index contributed by atoms with van der Waals surface area (Å²) in [5, 5.41) is 6.42. The van der Waals surface area contributed by atoms with Gasteiger partial charge < -0.3 is 0 Å². The number of aromatic nitrogens is 2. The summed E-state index contributed by atoms with van der Waals surface area (Å²) in [6.07, 6.45) is 1.09. The molecule has 2 nitrogen and oxygen atoms in total. The van der Waals surface area contributed by atoms with Gasteiger partial charge in [0.1, 0.15) is 15.7 Å². The zero-order valence-electron chi connectivity index (χ0n) is 23.1. The van der Waals surface area contributed by atoms with Gasteiger partial charge in [0, 0.05) is 15.6 Å². The third-order valence-electron chi connectivity index (χ3n) is 7.31. The van der Waals surface area contributed by atoms with E-state index >= 15 is 0 Å². The number of hydrogen-bond donors (Lipinski definition) is 0. The minimum atomic E-state index is -2.01. The Kier molecular flexibility index (Phi) is 5.49. The molecular formula is C33H32N2SSi. The van der Waals surface area contributed by atoms with Gasteiger partial charge in [-0.05, 0) is 45.5 Å². The molecule has 0 saturated heterocycles. The molecule has 0 unspecified atom stereocenters. The highest BCUT2D eigenvalue weighted by Gasteiger charge is 2.29. The van der Waals surface area contributed by atoms with Crippen molar-refractivity contribution in [3.8, 4) is 11.3 Å². The minimum Gasteiger partial charge on any atom is -0.235 e. The summed E-state index contributed by atoms with van der Waals surface area (Å²) in [4.78, 5) is 9.34. The predicted molar refractivity (Wildman–Crippen MR) is 164 cm³/mol. The van der Waals surface area contributed by atoms with Gasteiger partial charge in [-0.25, -0.2) is 9.97 Å². The molecule has 2 aromatic heterocycles. The van der Waals surface area contributed by atoms with Gasteiger partial charge in [-0.1, -0.05) is 112 Å². The maximum atomic E-state index is 8.51. The molecule has 6 aromatic rings. The van der Waals surface area contributed by atoms with E-state index in [4.69, 9.17) is 6.35 Å². The van der Waals surface area contributed by atoms with Crippen molar-refractivity contribution in [3.05, 3.63) is 96.8 Å². The van der Waals surface area contributed by atoms with E-state index in [0.717, 1.165) is 33.3 Å². The van der Waals surface area contributed by atoms with Crippen LogP contribution in [0.15, 0.2) is 91.2 Å². The van der Waals surface area contributed by atoms with Crippen molar-refractivity contribution in [3.63, 3.8) is 0 Å². The average molecular weight is 518 g/mol. The summed E-state index contributed by atoms with van der Waals surface area (Å²) >= 11 is 1.75. The van der Waals surface area contributed by atoms with Crippen LogP contribution in [-0.2, 0) is 6.42 Å². The lowest BCUT2D eigenvalue weighted by Gasteiger charge is -2.26. The molecule has 4 heteroatoms. The van der Waals surface area contributed by atoms with Crippen LogP contribution in [0.2, 0.25) is 13.1 Å². The molecule has 0 spiro atoms. The fourth-order valence-electron chi connectivity index (χ4n) is 5.47. The smallest absolute Gasteiger partial charge is 0.116 e. The highest BCUT2D eigenvalue weighted by Crippen LogP contribution is 2.39. The van der Waals surface area contributed by atoms with Crippen molar-refractivity contribution in [2.45, 2.75) is 40.3 Å². The summed E-state index contributed by atoms with van der Waals surface area (Å²) in [5.74, 6) is 0. The lowest BCUT2D eigenvalue weighted by atomic mass is 9.88. The Morgan fingerprint density at radius 1 is 0.838 bits per heavy atom. The Morgan fingerprint density at radius 3 is 2.38 bits per heavy atom. The SMILES string of the molecule is [2H]c1nc(-c2cc([Si](C)(C)c3ccccc3)c3ccccc3c2)c2sc3cc(CC(C)(C)C)ccc3c2n1. The Bertz CT molecular complexity index is 1820. The highest BCUT2D eigenvalue weighted by molar-refractivity contribution is 7.26. The van der Waals surface area contributed by atoms with E-state index in [0.29, 0.717) is 0 Å². The van der Waals surface area contributed by atoms with Crippen LogP contribution in [-0.4, -0.2) is 18.0 Å². The molecule has 184 valence electrons. The summed E-state index contributed by atoms with van der Waals surface area (Å²) < 4.78 is 10.8. The highest BCUT2D eigenvalue weighted by atomic mass is 32.1. The fourth-order valence-corrected chi connectivity index (χ4v) is 9.44. The maximum absolute atomic E-state index is 8.51. The monoisotopic (exact) mass is 517 g/mol. The lowest BCUT2D eigenvalue weighted by molar-refractivity contribution is 0.411. The van der Waals surface area contributed by atoms with Gasteiger partial charge in [0.25, 0.3) is 0 Å². The van der Waals surface area contributed by atoms with Crippen LogP contribution >= 0.6 is 11.3 Å². The van der Waals surface area contributed by atoms with E-state index in [2.05, 4.69) is 124 Å². The Hall–Kier alpha value is -3.34. The molecule has 0 N–H and O–H groups in total. The normalized spacial score (nSPS) is 12.9. The fraction of sp³-hybridized carbons (Fsp3) is 0.212. The van der Waals surface area contributed by atoms with E-state index in [1.807, 2.05) is 0 Å². The number of benzene rings is 4. The van der Waals surface area contributed by atoms with Gasteiger partial charge in [-0.15, -0.1) is 11.3 Å². The summed E-state index contributed by atoms with van der Waals surface area (Å²) in [6.45, 7) is 11.7. The van der Waals surface area contributed by atoms with Gasteiger partial charge in [-0.3, -0.25) is 0 Å². The standard InChI is InChI=1S/C33H32N2SSi/c1-33(2,3)20-22-15-16-27-28(17-22)36-32-30(34-21-35-31(27)32)24-18-23-11-9-10-14-26(23)29(19-24)37(4,5)25-12-7-6-8-13-25/h6-19,21H,20H2,1-5H3/i21D. The first-order valence-electron chi connectivity index (χ1n) is 13.4. The van der Waals surface area contributed by atoms with E-state index < -0.39 is 8.07 Å². The number of thiophene rings is 1. The van der Waals surface area contributed by atoms with Crippen LogP contribution in [0.4, 0.5) is 0 Å². The van der Waals surface area contributed by atoms with Gasteiger partial charge in [-0.2, -0.15) is 0 Å². The Morgan fingerprint density at radius 2 is 1.59 bits per heavy atom. The number of rotatable bonds is 4. The Labute approximate surface area is 225 Å². The van der Waals surface area contributed by atoms with Crippen LogP contribution in [0.3, 0.4) is 0 Å². The molecule has 0 radical (unpaired) electrons. The van der Waals surface area contributed by atoms with E-state index in [9.17, 15) is 0 Å². The second-order valence-electron chi connectivity index (χ2n) is 11.8. The largest absolute Gasteiger partial charge is 0.235 e. The topological polar surface area (TPSA) is 25.8 Å². The van der Waals surface area contributed by atoms with Crippen molar-refractivity contribution in [2.24, 2.45) is 5.41 Å². The zero-order chi connectivity index (χ0) is 26.7. The molecule has 2 heterocycles. The second kappa shape index (κ2) is 8.90. The van der Waals surface area contributed by atoms with Crippen molar-refractivity contribution < 1.29 is 1.37 Å². The molecule has 6 rings (SSSR count). The maximum Gasteiger partial charge on any atom is 0.116 e. The van der Waals surface area contributed by atoms with Gasteiger partial charge in [0.2, 0.25) is 0 Å². The number of hydrogen-bond acceptors (Lipinski definition) is 3. The predicted octanol–water partition coefficient (Wildman–Crippen LogP) is 8.08. The first kappa shape index (κ1) is 22.8. The van der Waals surface area contributed by atoms with Crippen LogP contribution in [0.1, 0.15) is 27.7 Å². The van der Waals surface area contributed by atoms with Gasteiger partial charge >= 0.3 is 0 Å². The summed E-state index contributed by atoms with van der Waals surface area (Å²) in [6, 6.07) is 30.9. The molecule has 0 fully saturated rings. The van der Waals surface area contributed by atoms with Crippen molar-refractivity contribution in [1.29, 1.82) is 0 Å². The molecule has 0 aliphatic carbocycles. The van der Waals surface area contributed by atoms with Crippen LogP contribution < -0.4 is 10.4 Å². The Balaban J connectivity index is 1.60.